The van der Waals surface area contributed by atoms with Gasteiger partial charge in [0.15, 0.2) is 0 Å². The minimum absolute atomic E-state index is 0.326. The number of benzene rings is 2. The predicted octanol–water partition coefficient (Wildman–Crippen LogP) is 4.64. The van der Waals surface area contributed by atoms with E-state index in [1.165, 1.54) is 18.2 Å². The summed E-state index contributed by atoms with van der Waals surface area (Å²) in [5.74, 6) is -0.403. The van der Waals surface area contributed by atoms with Crippen LogP contribution in [0.4, 0.5) is 15.8 Å². The molecule has 0 aliphatic carbocycles. The molecule has 0 spiro atoms. The van der Waals surface area contributed by atoms with Gasteiger partial charge < -0.3 is 11.5 Å². The van der Waals surface area contributed by atoms with Crippen LogP contribution in [0.2, 0.25) is 15.1 Å². The van der Waals surface area contributed by atoms with E-state index in [1.807, 2.05) is 0 Å². The predicted molar refractivity (Wildman–Crippen MR) is 76.7 cm³/mol. The number of nitrogens with two attached hydrogens (primary N) is 2. The van der Waals surface area contributed by atoms with Crippen LogP contribution in [0.3, 0.4) is 0 Å². The zero-order valence-electron chi connectivity index (χ0n) is 9.13. The number of rotatable bonds is 0. The highest BCUT2D eigenvalue weighted by molar-refractivity contribution is 6.35. The smallest absolute Gasteiger partial charge is 0.126 e. The Morgan fingerprint density at radius 1 is 0.667 bits per heavy atom. The molecule has 18 heavy (non-hydrogen) atoms. The molecule has 4 N–H and O–H groups in total. The maximum atomic E-state index is 12.3. The van der Waals surface area contributed by atoms with Crippen LogP contribution >= 0.6 is 34.8 Å². The van der Waals surface area contributed by atoms with E-state index in [4.69, 9.17) is 46.3 Å². The van der Waals surface area contributed by atoms with Crippen molar-refractivity contribution in [1.82, 2.24) is 0 Å². The average molecular weight is 308 g/mol. The van der Waals surface area contributed by atoms with Crippen LogP contribution in [0.15, 0.2) is 36.4 Å². The van der Waals surface area contributed by atoms with Crippen molar-refractivity contribution in [1.29, 1.82) is 0 Å². The lowest BCUT2D eigenvalue weighted by molar-refractivity contribution is 0.628. The van der Waals surface area contributed by atoms with E-state index in [-0.39, 0.29) is 0 Å². The van der Waals surface area contributed by atoms with Crippen molar-refractivity contribution in [3.05, 3.63) is 57.3 Å². The van der Waals surface area contributed by atoms with E-state index in [0.717, 1.165) is 0 Å². The average Bonchev–Trinajstić information content (AvgIpc) is 2.12. The first-order chi connectivity index (χ1) is 8.36. The van der Waals surface area contributed by atoms with Crippen molar-refractivity contribution < 1.29 is 4.39 Å². The molecule has 0 atom stereocenters. The van der Waals surface area contributed by atoms with Gasteiger partial charge in [-0.3, -0.25) is 0 Å². The van der Waals surface area contributed by atoms with Crippen molar-refractivity contribution in [2.75, 3.05) is 11.5 Å². The summed E-state index contributed by atoms with van der Waals surface area (Å²) >= 11 is 16.6. The molecule has 0 fully saturated rings. The molecule has 0 saturated carbocycles. The van der Waals surface area contributed by atoms with Crippen molar-refractivity contribution in [3.8, 4) is 0 Å². The largest absolute Gasteiger partial charge is 0.399 e. The van der Waals surface area contributed by atoms with E-state index >= 15 is 0 Å². The third-order valence-corrected chi connectivity index (χ3v) is 2.42. The van der Waals surface area contributed by atoms with Gasteiger partial charge in [0.25, 0.3) is 0 Å². The second kappa shape index (κ2) is 6.69. The van der Waals surface area contributed by atoms with Crippen LogP contribution in [0.5, 0.6) is 0 Å². The minimum Gasteiger partial charge on any atom is -0.399 e. The van der Waals surface area contributed by atoms with Crippen LogP contribution in [-0.2, 0) is 0 Å². The van der Waals surface area contributed by atoms with Crippen LogP contribution in [0.1, 0.15) is 0 Å². The summed E-state index contributed by atoms with van der Waals surface area (Å²) < 4.78 is 12.3. The molecule has 2 rings (SSSR count). The molecule has 0 bridgehead atoms. The van der Waals surface area contributed by atoms with Crippen molar-refractivity contribution in [2.45, 2.75) is 0 Å². The molecule has 6 heteroatoms. The molecule has 0 aromatic heterocycles. The van der Waals surface area contributed by atoms with E-state index < -0.39 is 5.82 Å². The summed E-state index contributed by atoms with van der Waals surface area (Å²) in [4.78, 5) is 0. The standard InChI is InChI=1S/C6H5Cl2N.C6H5ClFN/c2*7-4-1-5(8)3-6(9)2-4/h2*1-3H,9H2. The monoisotopic (exact) mass is 306 g/mol. The quantitative estimate of drug-likeness (QED) is 0.697. The van der Waals surface area contributed by atoms with Gasteiger partial charge in [-0.1, -0.05) is 34.8 Å². The Hall–Kier alpha value is -1.16. The third-order valence-electron chi connectivity index (χ3n) is 1.77. The maximum Gasteiger partial charge on any atom is 0.126 e. The fraction of sp³-hybridized carbons (Fsp3) is 0. The lowest BCUT2D eigenvalue weighted by Gasteiger charge is -1.93. The molecule has 0 unspecified atom stereocenters. The number of nitrogen functional groups attached to an aromatic ring is 2. The summed E-state index contributed by atoms with van der Waals surface area (Å²) in [5, 5.41) is 1.47. The Morgan fingerprint density at radius 3 is 1.39 bits per heavy atom. The van der Waals surface area contributed by atoms with Gasteiger partial charge in [0.2, 0.25) is 0 Å². The lowest BCUT2D eigenvalue weighted by atomic mass is 10.3. The third kappa shape index (κ3) is 5.45. The van der Waals surface area contributed by atoms with Gasteiger partial charge in [0, 0.05) is 26.4 Å². The SMILES string of the molecule is Nc1cc(Cl)cc(Cl)c1.Nc1cc(F)cc(Cl)c1. The Labute approximate surface area is 119 Å². The van der Waals surface area contributed by atoms with Gasteiger partial charge in [-0.15, -0.1) is 0 Å². The molecule has 96 valence electrons. The Kier molecular flexibility index (Phi) is 5.54. The molecule has 0 radical (unpaired) electrons. The molecular weight excluding hydrogens is 298 g/mol. The topological polar surface area (TPSA) is 52.0 Å². The van der Waals surface area contributed by atoms with E-state index in [0.29, 0.717) is 26.4 Å². The highest BCUT2D eigenvalue weighted by Gasteiger charge is 1.93. The van der Waals surface area contributed by atoms with Gasteiger partial charge in [-0.25, -0.2) is 4.39 Å². The van der Waals surface area contributed by atoms with Crippen LogP contribution < -0.4 is 11.5 Å². The lowest BCUT2D eigenvalue weighted by Crippen LogP contribution is -1.84. The minimum atomic E-state index is -0.403. The summed E-state index contributed by atoms with van der Waals surface area (Å²) in [5.41, 5.74) is 11.6. The number of hydrogen-bond acceptors (Lipinski definition) is 2. The van der Waals surface area contributed by atoms with Crippen LogP contribution in [0.25, 0.3) is 0 Å². The van der Waals surface area contributed by atoms with Gasteiger partial charge in [-0.2, -0.15) is 0 Å². The van der Waals surface area contributed by atoms with Crippen LogP contribution in [0, 0.1) is 5.82 Å². The Bertz CT molecular complexity index is 396. The van der Waals surface area contributed by atoms with Crippen LogP contribution in [-0.4, -0.2) is 0 Å². The highest BCUT2D eigenvalue weighted by Crippen LogP contribution is 2.19. The number of anilines is 2. The molecule has 0 saturated heterocycles. The van der Waals surface area contributed by atoms with E-state index in [2.05, 4.69) is 0 Å². The van der Waals surface area contributed by atoms with E-state index in [1.54, 1.807) is 18.2 Å². The molecule has 2 aromatic carbocycles. The van der Waals surface area contributed by atoms with Crippen molar-refractivity contribution >= 4 is 46.2 Å². The maximum absolute atomic E-state index is 12.3. The first kappa shape index (κ1) is 14.9. The summed E-state index contributed by atoms with van der Waals surface area (Å²) in [6.45, 7) is 0. The molecule has 0 amide bonds. The van der Waals surface area contributed by atoms with Gasteiger partial charge in [0.05, 0.1) is 0 Å². The summed E-state index contributed by atoms with van der Waals surface area (Å²) in [6, 6.07) is 8.84. The molecule has 2 nitrogen and oxygen atoms in total. The molecular formula is C12H10Cl3FN2. The summed E-state index contributed by atoms with van der Waals surface area (Å²) in [6.07, 6.45) is 0. The number of hydrogen-bond donors (Lipinski definition) is 2. The van der Waals surface area contributed by atoms with Gasteiger partial charge in [0.1, 0.15) is 5.82 Å². The second-order valence-electron chi connectivity index (χ2n) is 3.41. The van der Waals surface area contributed by atoms with Crippen molar-refractivity contribution in [2.24, 2.45) is 0 Å². The van der Waals surface area contributed by atoms with Gasteiger partial charge >= 0.3 is 0 Å². The molecule has 0 aliphatic heterocycles. The normalized spacial score (nSPS) is 9.56. The fourth-order valence-corrected chi connectivity index (χ4v) is 1.92. The zero-order valence-corrected chi connectivity index (χ0v) is 11.4. The van der Waals surface area contributed by atoms with Gasteiger partial charge in [-0.05, 0) is 36.4 Å². The molecule has 0 aliphatic rings. The number of halogens is 4. The first-order valence-corrected chi connectivity index (χ1v) is 5.93. The van der Waals surface area contributed by atoms with Crippen molar-refractivity contribution in [3.63, 3.8) is 0 Å². The van der Waals surface area contributed by atoms with E-state index in [9.17, 15) is 4.39 Å². The fourth-order valence-electron chi connectivity index (χ4n) is 1.15. The Morgan fingerprint density at radius 2 is 1.06 bits per heavy atom. The molecule has 2 aromatic rings. The first-order valence-electron chi connectivity index (χ1n) is 4.80. The highest BCUT2D eigenvalue weighted by atomic mass is 35.5. The Balaban J connectivity index is 0.000000180. The summed E-state index contributed by atoms with van der Waals surface area (Å²) in [7, 11) is 0. The second-order valence-corrected chi connectivity index (χ2v) is 4.71. The zero-order chi connectivity index (χ0) is 13.7. The molecule has 0 heterocycles.